The van der Waals surface area contributed by atoms with Crippen molar-refractivity contribution in [3.8, 4) is 0 Å². The third-order valence-electron chi connectivity index (χ3n) is 2.94. The van der Waals surface area contributed by atoms with Gasteiger partial charge in [0.25, 0.3) is 5.56 Å². The molecule has 104 valence electrons. The van der Waals surface area contributed by atoms with Gasteiger partial charge in [0, 0.05) is 19.6 Å². The van der Waals surface area contributed by atoms with Gasteiger partial charge in [0.1, 0.15) is 11.5 Å². The second-order valence-electron chi connectivity index (χ2n) is 4.58. The van der Waals surface area contributed by atoms with Crippen LogP contribution in [0.4, 0.5) is 11.5 Å². The zero-order valence-corrected chi connectivity index (χ0v) is 11.9. The number of anilines is 2. The molecule has 0 bridgehead atoms. The summed E-state index contributed by atoms with van der Waals surface area (Å²) in [5, 5.41) is 3.27. The second kappa shape index (κ2) is 6.49. The van der Waals surface area contributed by atoms with Gasteiger partial charge >= 0.3 is 0 Å². The Morgan fingerprint density at radius 1 is 1.22 bits per heavy atom. The minimum absolute atomic E-state index is 0.102. The highest BCUT2D eigenvalue weighted by Crippen LogP contribution is 2.15. The lowest BCUT2D eigenvalue weighted by Gasteiger charge is -2.14. The van der Waals surface area contributed by atoms with E-state index in [1.54, 1.807) is 4.68 Å². The Labute approximate surface area is 108 Å². The topological polar surface area (TPSA) is 68.2 Å². The number of nitrogens with one attached hydrogen (secondary N) is 1. The van der Waals surface area contributed by atoms with E-state index in [0.29, 0.717) is 12.2 Å². The number of hydrogen-bond donors (Lipinski definition) is 2. The molecule has 18 heavy (non-hydrogen) atoms. The molecule has 0 atom stereocenters. The lowest BCUT2D eigenvalue weighted by molar-refractivity contribution is 0.404. The third-order valence-corrected chi connectivity index (χ3v) is 2.94. The molecule has 0 saturated heterocycles. The van der Waals surface area contributed by atoms with Crippen molar-refractivity contribution in [1.29, 1.82) is 0 Å². The van der Waals surface area contributed by atoms with Gasteiger partial charge < -0.3 is 16.0 Å². The van der Waals surface area contributed by atoms with Crippen molar-refractivity contribution in [2.75, 3.05) is 38.2 Å². The molecule has 0 fully saturated rings. The molecule has 6 heteroatoms. The largest absolute Gasteiger partial charge is 0.391 e. The number of nitrogens with zero attached hydrogens (tertiary/aromatic N) is 3. The van der Waals surface area contributed by atoms with Crippen molar-refractivity contribution in [3.05, 3.63) is 10.4 Å². The van der Waals surface area contributed by atoms with E-state index in [1.807, 2.05) is 32.6 Å². The van der Waals surface area contributed by atoms with Gasteiger partial charge in [-0.2, -0.15) is 0 Å². The van der Waals surface area contributed by atoms with Gasteiger partial charge in [0.05, 0.1) is 0 Å². The third kappa shape index (κ3) is 3.07. The Bertz CT molecular complexity index is 432. The summed E-state index contributed by atoms with van der Waals surface area (Å²) in [7, 11) is 4.09. The van der Waals surface area contributed by atoms with E-state index in [-0.39, 0.29) is 5.56 Å². The van der Waals surface area contributed by atoms with Crippen LogP contribution in [0.1, 0.15) is 20.3 Å². The van der Waals surface area contributed by atoms with Crippen molar-refractivity contribution in [2.24, 2.45) is 0 Å². The highest BCUT2D eigenvalue weighted by Gasteiger charge is 2.14. The summed E-state index contributed by atoms with van der Waals surface area (Å²) in [6, 6.07) is 0. The molecule has 0 aliphatic heterocycles. The van der Waals surface area contributed by atoms with Crippen LogP contribution in [0.25, 0.3) is 0 Å². The highest BCUT2D eigenvalue weighted by molar-refractivity contribution is 5.60. The number of nitrogens with two attached hydrogens (primary N) is 1. The smallest absolute Gasteiger partial charge is 0.292 e. The summed E-state index contributed by atoms with van der Waals surface area (Å²) in [6.07, 6.45) is 1.02. The average molecular weight is 255 g/mol. The fraction of sp³-hybridized carbons (Fsp3) is 0.750. The van der Waals surface area contributed by atoms with Crippen LogP contribution in [-0.2, 0) is 13.1 Å². The van der Waals surface area contributed by atoms with E-state index in [9.17, 15) is 4.79 Å². The normalized spacial score (nSPS) is 11.2. The van der Waals surface area contributed by atoms with Gasteiger partial charge in [-0.1, -0.05) is 0 Å². The zero-order valence-electron chi connectivity index (χ0n) is 11.9. The summed E-state index contributed by atoms with van der Waals surface area (Å²) in [5.41, 5.74) is 6.09. The van der Waals surface area contributed by atoms with Crippen LogP contribution in [-0.4, -0.2) is 41.4 Å². The van der Waals surface area contributed by atoms with E-state index >= 15 is 0 Å². The molecule has 3 N–H and O–H groups in total. The lowest BCUT2D eigenvalue weighted by Crippen LogP contribution is -2.23. The summed E-state index contributed by atoms with van der Waals surface area (Å²) >= 11 is 0. The van der Waals surface area contributed by atoms with Crippen LogP contribution < -0.4 is 16.6 Å². The van der Waals surface area contributed by atoms with Crippen molar-refractivity contribution in [2.45, 2.75) is 33.4 Å². The molecule has 0 saturated carbocycles. The summed E-state index contributed by atoms with van der Waals surface area (Å²) in [4.78, 5) is 14.0. The molecule has 1 heterocycles. The molecule has 1 aromatic heterocycles. The number of rotatable bonds is 7. The van der Waals surface area contributed by atoms with E-state index in [0.717, 1.165) is 31.9 Å². The van der Waals surface area contributed by atoms with Crippen LogP contribution in [0, 0.1) is 0 Å². The van der Waals surface area contributed by atoms with Crippen LogP contribution in [0.3, 0.4) is 0 Å². The second-order valence-corrected chi connectivity index (χ2v) is 4.58. The molecule has 6 nitrogen and oxygen atoms in total. The quantitative estimate of drug-likeness (QED) is 0.701. The van der Waals surface area contributed by atoms with E-state index < -0.39 is 0 Å². The lowest BCUT2D eigenvalue weighted by atomic mass is 10.4. The monoisotopic (exact) mass is 255 g/mol. The predicted octanol–water partition coefficient (Wildman–Crippen LogP) is 0.635. The SMILES string of the molecule is CCn1c(NCCCN(C)C)c(N)c(=O)n1CC. The molecule has 0 spiro atoms. The number of aromatic nitrogens is 2. The fourth-order valence-corrected chi connectivity index (χ4v) is 2.04. The summed E-state index contributed by atoms with van der Waals surface area (Å²) < 4.78 is 3.58. The van der Waals surface area contributed by atoms with Crippen molar-refractivity contribution < 1.29 is 0 Å². The van der Waals surface area contributed by atoms with Gasteiger partial charge in [-0.25, -0.2) is 4.68 Å². The van der Waals surface area contributed by atoms with E-state index in [4.69, 9.17) is 5.73 Å². The maximum absolute atomic E-state index is 11.9. The Morgan fingerprint density at radius 2 is 1.83 bits per heavy atom. The summed E-state index contributed by atoms with van der Waals surface area (Å²) in [6.45, 7) is 7.15. The Balaban J connectivity index is 2.79. The Kier molecular flexibility index (Phi) is 5.27. The van der Waals surface area contributed by atoms with Gasteiger partial charge in [-0.15, -0.1) is 0 Å². The molecule has 0 aliphatic carbocycles. The number of nitrogen functional groups attached to an aromatic ring is 1. The molecular weight excluding hydrogens is 230 g/mol. The average Bonchev–Trinajstić information content (AvgIpc) is 2.57. The van der Waals surface area contributed by atoms with E-state index in [1.165, 1.54) is 0 Å². The first kappa shape index (κ1) is 14.6. The zero-order chi connectivity index (χ0) is 13.7. The minimum atomic E-state index is -0.102. The van der Waals surface area contributed by atoms with Gasteiger partial charge in [-0.05, 0) is 40.9 Å². The highest BCUT2D eigenvalue weighted by atomic mass is 16.1. The first-order chi connectivity index (χ1) is 8.52. The van der Waals surface area contributed by atoms with Crippen molar-refractivity contribution >= 4 is 11.5 Å². The molecule has 0 amide bonds. The van der Waals surface area contributed by atoms with Crippen molar-refractivity contribution in [1.82, 2.24) is 14.3 Å². The van der Waals surface area contributed by atoms with Gasteiger partial charge in [0.15, 0.2) is 0 Å². The fourth-order valence-electron chi connectivity index (χ4n) is 2.04. The summed E-state index contributed by atoms with van der Waals surface area (Å²) in [5.74, 6) is 0.753. The van der Waals surface area contributed by atoms with Gasteiger partial charge in [0.2, 0.25) is 0 Å². The standard InChI is InChI=1S/C12H25N5O/c1-5-16-11(14-8-7-9-15(3)4)10(13)12(18)17(16)6-2/h14H,5-9,13H2,1-4H3. The maximum Gasteiger partial charge on any atom is 0.292 e. The first-order valence-electron chi connectivity index (χ1n) is 6.50. The predicted molar refractivity (Wildman–Crippen MR) is 76.1 cm³/mol. The Morgan fingerprint density at radius 3 is 2.33 bits per heavy atom. The molecule has 0 radical (unpaired) electrons. The van der Waals surface area contributed by atoms with Crippen LogP contribution in [0.5, 0.6) is 0 Å². The first-order valence-corrected chi connectivity index (χ1v) is 6.50. The van der Waals surface area contributed by atoms with Crippen LogP contribution in [0.15, 0.2) is 4.79 Å². The molecular formula is C12H25N5O. The maximum atomic E-state index is 11.9. The molecule has 1 aromatic rings. The van der Waals surface area contributed by atoms with Crippen molar-refractivity contribution in [3.63, 3.8) is 0 Å². The van der Waals surface area contributed by atoms with E-state index in [2.05, 4.69) is 10.2 Å². The Hall–Kier alpha value is -1.43. The molecule has 0 aliphatic rings. The molecule has 0 unspecified atom stereocenters. The minimum Gasteiger partial charge on any atom is -0.391 e. The number of hydrogen-bond acceptors (Lipinski definition) is 4. The van der Waals surface area contributed by atoms with Crippen LogP contribution in [0.2, 0.25) is 0 Å². The molecule has 0 aromatic carbocycles. The van der Waals surface area contributed by atoms with Gasteiger partial charge in [-0.3, -0.25) is 9.48 Å². The molecule has 1 rings (SSSR count). The van der Waals surface area contributed by atoms with Crippen LogP contribution >= 0.6 is 0 Å².